The van der Waals surface area contributed by atoms with E-state index in [-0.39, 0.29) is 29.0 Å². The summed E-state index contributed by atoms with van der Waals surface area (Å²) in [7, 11) is -1.58. The van der Waals surface area contributed by atoms with Crippen molar-refractivity contribution < 1.29 is 27.5 Å². The van der Waals surface area contributed by atoms with E-state index < -0.39 is 28.3 Å². The topological polar surface area (TPSA) is 101 Å². The fraction of sp³-hybridized carbons (Fsp3) is 0.500. The smallest absolute Gasteiger partial charge is 0.338 e. The normalized spacial score (nSPS) is 21.3. The summed E-state index contributed by atoms with van der Waals surface area (Å²) in [6.45, 7) is 0.221. The maximum absolute atomic E-state index is 12.2. The number of esters is 1. The Morgan fingerprint density at radius 2 is 1.96 bits per heavy atom. The van der Waals surface area contributed by atoms with E-state index in [0.717, 1.165) is 12.1 Å². The third-order valence-electron chi connectivity index (χ3n) is 4.96. The van der Waals surface area contributed by atoms with E-state index in [4.69, 9.17) is 4.74 Å². The largest absolute Gasteiger partial charge is 0.452 e. The number of rotatable bonds is 5. The SMILES string of the molecule is CN(C(=O)COC(=O)c1ccc(N2CCCC2=O)cc1)C1CCS(=O)(=O)C1. The zero-order valence-electron chi connectivity index (χ0n) is 15.1. The van der Waals surface area contributed by atoms with Gasteiger partial charge in [0.15, 0.2) is 16.4 Å². The van der Waals surface area contributed by atoms with Crippen LogP contribution in [0.4, 0.5) is 5.69 Å². The van der Waals surface area contributed by atoms with Crippen LogP contribution in [0.1, 0.15) is 29.6 Å². The fourth-order valence-electron chi connectivity index (χ4n) is 3.30. The van der Waals surface area contributed by atoms with Crippen LogP contribution in [0.15, 0.2) is 24.3 Å². The van der Waals surface area contributed by atoms with E-state index >= 15 is 0 Å². The van der Waals surface area contributed by atoms with Gasteiger partial charge in [0.25, 0.3) is 5.91 Å². The molecule has 2 amide bonds. The second kappa shape index (κ2) is 7.67. The summed E-state index contributed by atoms with van der Waals surface area (Å²) in [6, 6.07) is 6.09. The third-order valence-corrected chi connectivity index (χ3v) is 6.71. The highest BCUT2D eigenvalue weighted by Crippen LogP contribution is 2.22. The number of ether oxygens (including phenoxy) is 1. The predicted molar refractivity (Wildman–Crippen MR) is 98.1 cm³/mol. The Morgan fingerprint density at radius 1 is 1.26 bits per heavy atom. The zero-order valence-corrected chi connectivity index (χ0v) is 15.9. The highest BCUT2D eigenvalue weighted by molar-refractivity contribution is 7.91. The van der Waals surface area contributed by atoms with E-state index in [9.17, 15) is 22.8 Å². The fourth-order valence-corrected chi connectivity index (χ4v) is 5.07. The van der Waals surface area contributed by atoms with Crippen molar-refractivity contribution in [3.63, 3.8) is 0 Å². The van der Waals surface area contributed by atoms with Crippen LogP contribution in [-0.4, -0.2) is 68.8 Å². The lowest BCUT2D eigenvalue weighted by atomic mass is 10.2. The molecule has 0 aliphatic carbocycles. The van der Waals surface area contributed by atoms with Crippen molar-refractivity contribution in [2.24, 2.45) is 0 Å². The highest BCUT2D eigenvalue weighted by atomic mass is 32.2. The molecular weight excluding hydrogens is 372 g/mol. The molecule has 2 aliphatic heterocycles. The number of hydrogen-bond acceptors (Lipinski definition) is 6. The molecule has 146 valence electrons. The van der Waals surface area contributed by atoms with E-state index in [1.807, 2.05) is 0 Å². The van der Waals surface area contributed by atoms with Gasteiger partial charge >= 0.3 is 5.97 Å². The molecule has 1 atom stereocenters. The Balaban J connectivity index is 1.53. The number of anilines is 1. The van der Waals surface area contributed by atoms with Gasteiger partial charge in [-0.25, -0.2) is 13.2 Å². The molecule has 2 saturated heterocycles. The Morgan fingerprint density at radius 3 is 2.52 bits per heavy atom. The molecule has 27 heavy (non-hydrogen) atoms. The number of likely N-dealkylation sites (N-methyl/N-ethyl adjacent to an activating group) is 1. The number of nitrogens with zero attached hydrogens (tertiary/aromatic N) is 2. The predicted octanol–water partition coefficient (Wildman–Crippen LogP) is 0.616. The minimum absolute atomic E-state index is 0.0557. The van der Waals surface area contributed by atoms with Crippen molar-refractivity contribution in [3.05, 3.63) is 29.8 Å². The maximum Gasteiger partial charge on any atom is 0.338 e. The number of sulfone groups is 1. The second-order valence-corrected chi connectivity index (χ2v) is 9.06. The van der Waals surface area contributed by atoms with Gasteiger partial charge < -0.3 is 14.5 Å². The van der Waals surface area contributed by atoms with Gasteiger partial charge in [0.2, 0.25) is 5.91 Å². The molecule has 2 aliphatic rings. The monoisotopic (exact) mass is 394 g/mol. The van der Waals surface area contributed by atoms with Crippen molar-refractivity contribution in [1.29, 1.82) is 0 Å². The Bertz CT molecular complexity index is 849. The van der Waals surface area contributed by atoms with Gasteiger partial charge in [0.1, 0.15) is 0 Å². The van der Waals surface area contributed by atoms with Crippen LogP contribution in [0.2, 0.25) is 0 Å². The lowest BCUT2D eigenvalue weighted by Gasteiger charge is -2.23. The number of hydrogen-bond donors (Lipinski definition) is 0. The van der Waals surface area contributed by atoms with Gasteiger partial charge in [-0.05, 0) is 37.1 Å². The molecule has 2 heterocycles. The molecule has 1 unspecified atom stereocenters. The number of carbonyl (C=O) groups is 3. The van der Waals surface area contributed by atoms with Crippen molar-refractivity contribution in [2.45, 2.75) is 25.3 Å². The zero-order chi connectivity index (χ0) is 19.6. The summed E-state index contributed by atoms with van der Waals surface area (Å²) in [5, 5.41) is 0. The van der Waals surface area contributed by atoms with Gasteiger partial charge in [-0.1, -0.05) is 0 Å². The maximum atomic E-state index is 12.2. The summed E-state index contributed by atoms with van der Waals surface area (Å²) in [4.78, 5) is 39.0. The van der Waals surface area contributed by atoms with Gasteiger partial charge in [0, 0.05) is 31.7 Å². The number of carbonyl (C=O) groups excluding carboxylic acids is 3. The lowest BCUT2D eigenvalue weighted by Crippen LogP contribution is -2.40. The first-order chi connectivity index (χ1) is 12.8. The molecule has 0 bridgehead atoms. The molecule has 3 rings (SSSR count). The first kappa shape index (κ1) is 19.3. The molecule has 2 fully saturated rings. The minimum atomic E-state index is -3.09. The number of benzene rings is 1. The van der Waals surface area contributed by atoms with Crippen LogP contribution in [0, 0.1) is 0 Å². The molecule has 9 heteroatoms. The molecular formula is C18H22N2O6S. The van der Waals surface area contributed by atoms with Crippen molar-refractivity contribution >= 4 is 33.3 Å². The molecule has 0 radical (unpaired) electrons. The molecule has 0 aromatic heterocycles. The molecule has 1 aromatic carbocycles. The average Bonchev–Trinajstić information content (AvgIpc) is 3.23. The average molecular weight is 394 g/mol. The van der Waals surface area contributed by atoms with E-state index in [0.29, 0.717) is 19.4 Å². The van der Waals surface area contributed by atoms with Crippen LogP contribution in [0.5, 0.6) is 0 Å². The van der Waals surface area contributed by atoms with Crippen molar-refractivity contribution in [1.82, 2.24) is 4.90 Å². The minimum Gasteiger partial charge on any atom is -0.452 e. The first-order valence-corrected chi connectivity index (χ1v) is 10.6. The van der Waals surface area contributed by atoms with Gasteiger partial charge in [-0.3, -0.25) is 9.59 Å². The van der Waals surface area contributed by atoms with Gasteiger partial charge in [-0.2, -0.15) is 0 Å². The summed E-state index contributed by atoms with van der Waals surface area (Å²) >= 11 is 0. The van der Waals surface area contributed by atoms with E-state index in [1.54, 1.807) is 29.2 Å². The second-order valence-electron chi connectivity index (χ2n) is 6.83. The van der Waals surface area contributed by atoms with Crippen LogP contribution in [0.3, 0.4) is 0 Å². The standard InChI is InChI=1S/C18H22N2O6S/c1-19(15-8-10-27(24,25)12-15)17(22)11-26-18(23)13-4-6-14(7-5-13)20-9-2-3-16(20)21/h4-7,15H,2-3,8-12H2,1H3. The van der Waals surface area contributed by atoms with Crippen LogP contribution >= 0.6 is 0 Å². The Labute approximate surface area is 158 Å². The first-order valence-electron chi connectivity index (χ1n) is 8.80. The lowest BCUT2D eigenvalue weighted by molar-refractivity contribution is -0.134. The van der Waals surface area contributed by atoms with Gasteiger partial charge in [-0.15, -0.1) is 0 Å². The van der Waals surface area contributed by atoms with Crippen molar-refractivity contribution in [3.8, 4) is 0 Å². The van der Waals surface area contributed by atoms with Crippen molar-refractivity contribution in [2.75, 3.05) is 36.6 Å². The summed E-state index contributed by atoms with van der Waals surface area (Å²) in [5.74, 6) is -1.01. The summed E-state index contributed by atoms with van der Waals surface area (Å²) in [6.07, 6.45) is 1.75. The van der Waals surface area contributed by atoms with E-state index in [1.165, 1.54) is 11.9 Å². The summed E-state index contributed by atoms with van der Waals surface area (Å²) in [5.41, 5.74) is 1.01. The summed E-state index contributed by atoms with van der Waals surface area (Å²) < 4.78 is 28.1. The molecule has 0 saturated carbocycles. The molecule has 8 nitrogen and oxygen atoms in total. The molecule has 0 spiro atoms. The van der Waals surface area contributed by atoms with Crippen LogP contribution < -0.4 is 4.90 Å². The third kappa shape index (κ3) is 4.47. The molecule has 0 N–H and O–H groups in total. The van der Waals surface area contributed by atoms with E-state index in [2.05, 4.69) is 0 Å². The Kier molecular flexibility index (Phi) is 5.50. The van der Waals surface area contributed by atoms with Gasteiger partial charge in [0.05, 0.1) is 17.1 Å². The highest BCUT2D eigenvalue weighted by Gasteiger charge is 2.33. The molecule has 1 aromatic rings. The quantitative estimate of drug-likeness (QED) is 0.679. The Hall–Kier alpha value is -2.42. The van der Waals surface area contributed by atoms with Crippen LogP contribution in [0.25, 0.3) is 0 Å². The van der Waals surface area contributed by atoms with Crippen LogP contribution in [-0.2, 0) is 24.2 Å². The number of amides is 2.